The van der Waals surface area contributed by atoms with Crippen molar-refractivity contribution >= 4 is 17.5 Å². The first-order valence-electron chi connectivity index (χ1n) is 8.27. The molecule has 3 N–H and O–H groups in total. The minimum absolute atomic E-state index is 0.0760. The molecule has 0 saturated heterocycles. The van der Waals surface area contributed by atoms with Crippen molar-refractivity contribution in [1.82, 2.24) is 5.32 Å². The van der Waals surface area contributed by atoms with Crippen molar-refractivity contribution in [2.75, 3.05) is 18.5 Å². The van der Waals surface area contributed by atoms with Crippen LogP contribution in [0.3, 0.4) is 0 Å². The van der Waals surface area contributed by atoms with Crippen molar-refractivity contribution in [3.8, 4) is 0 Å². The number of para-hydroxylation sites is 1. The molecule has 5 nitrogen and oxygen atoms in total. The molecule has 0 spiro atoms. The minimum atomic E-state index is -0.263. The average molecular weight is 340 g/mol. The van der Waals surface area contributed by atoms with Gasteiger partial charge in [0.25, 0.3) is 11.8 Å². The van der Waals surface area contributed by atoms with Gasteiger partial charge in [-0.05, 0) is 36.1 Å². The molecule has 0 aliphatic carbocycles. The quantitative estimate of drug-likeness (QED) is 0.725. The zero-order chi connectivity index (χ0) is 18.3. The third-order valence-electron chi connectivity index (χ3n) is 3.97. The van der Waals surface area contributed by atoms with Crippen LogP contribution in [0.4, 0.5) is 5.69 Å². The van der Waals surface area contributed by atoms with E-state index in [0.717, 1.165) is 0 Å². The van der Waals surface area contributed by atoms with E-state index < -0.39 is 0 Å². The van der Waals surface area contributed by atoms with Gasteiger partial charge in [-0.15, -0.1) is 0 Å². The van der Waals surface area contributed by atoms with Gasteiger partial charge in [-0.3, -0.25) is 9.59 Å². The molecule has 0 heterocycles. The second-order valence-corrected chi connectivity index (χ2v) is 6.69. The normalized spacial score (nSPS) is 11.0. The summed E-state index contributed by atoms with van der Waals surface area (Å²) in [5.41, 5.74) is 1.20. The predicted molar refractivity (Wildman–Crippen MR) is 98.7 cm³/mol. The standard InChI is InChI=1S/C20H24N2O3/c1-20(2,12-13-23)14-21-19(25)16-10-6-7-11-17(16)22-18(24)15-8-4-3-5-9-15/h3-11,23H,12-14H2,1-2H3,(H,21,25)(H,22,24). The van der Waals surface area contributed by atoms with Crippen LogP contribution in [0.1, 0.15) is 41.0 Å². The van der Waals surface area contributed by atoms with E-state index in [1.165, 1.54) is 0 Å². The second-order valence-electron chi connectivity index (χ2n) is 6.69. The molecule has 132 valence electrons. The van der Waals surface area contributed by atoms with E-state index in [4.69, 9.17) is 5.11 Å². The number of anilines is 1. The van der Waals surface area contributed by atoms with E-state index in [9.17, 15) is 9.59 Å². The largest absolute Gasteiger partial charge is 0.396 e. The number of benzene rings is 2. The fourth-order valence-electron chi connectivity index (χ4n) is 2.38. The molecule has 0 aliphatic rings. The second kappa shape index (κ2) is 8.44. The van der Waals surface area contributed by atoms with Gasteiger partial charge in [-0.1, -0.05) is 44.2 Å². The van der Waals surface area contributed by atoms with Crippen molar-refractivity contribution in [1.29, 1.82) is 0 Å². The third-order valence-corrected chi connectivity index (χ3v) is 3.97. The molecule has 0 saturated carbocycles. The number of hydrogen-bond donors (Lipinski definition) is 3. The lowest BCUT2D eigenvalue weighted by atomic mass is 9.89. The Bertz CT molecular complexity index is 727. The monoisotopic (exact) mass is 340 g/mol. The van der Waals surface area contributed by atoms with Gasteiger partial charge in [0, 0.05) is 18.7 Å². The first-order valence-corrected chi connectivity index (χ1v) is 8.27. The van der Waals surface area contributed by atoms with Crippen LogP contribution in [-0.4, -0.2) is 30.1 Å². The van der Waals surface area contributed by atoms with Gasteiger partial charge >= 0.3 is 0 Å². The van der Waals surface area contributed by atoms with Crippen molar-refractivity contribution in [2.45, 2.75) is 20.3 Å². The van der Waals surface area contributed by atoms with Crippen LogP contribution in [0.5, 0.6) is 0 Å². The van der Waals surface area contributed by atoms with Crippen LogP contribution in [0, 0.1) is 5.41 Å². The highest BCUT2D eigenvalue weighted by atomic mass is 16.3. The van der Waals surface area contributed by atoms with E-state index >= 15 is 0 Å². The van der Waals surface area contributed by atoms with E-state index in [1.807, 2.05) is 19.9 Å². The van der Waals surface area contributed by atoms with E-state index in [1.54, 1.807) is 48.5 Å². The molecule has 0 bridgehead atoms. The average Bonchev–Trinajstić information content (AvgIpc) is 2.61. The number of aliphatic hydroxyl groups is 1. The van der Waals surface area contributed by atoms with Gasteiger partial charge in [-0.25, -0.2) is 0 Å². The summed E-state index contributed by atoms with van der Waals surface area (Å²) in [6.45, 7) is 4.47. The van der Waals surface area contributed by atoms with Crippen LogP contribution < -0.4 is 10.6 Å². The Balaban J connectivity index is 2.09. The zero-order valence-electron chi connectivity index (χ0n) is 14.6. The van der Waals surface area contributed by atoms with Gasteiger partial charge in [0.1, 0.15) is 0 Å². The summed E-state index contributed by atoms with van der Waals surface area (Å²) in [4.78, 5) is 24.8. The number of amides is 2. The Morgan fingerprint density at radius 3 is 2.28 bits per heavy atom. The summed E-state index contributed by atoms with van der Waals surface area (Å²) in [5.74, 6) is -0.517. The molecule has 2 aromatic carbocycles. The molecular formula is C20H24N2O3. The molecule has 5 heteroatoms. The van der Waals surface area contributed by atoms with Crippen LogP contribution in [0.15, 0.2) is 54.6 Å². The number of aliphatic hydroxyl groups excluding tert-OH is 1. The van der Waals surface area contributed by atoms with Crippen molar-refractivity contribution in [3.63, 3.8) is 0 Å². The summed E-state index contributed by atoms with van der Waals surface area (Å²) in [7, 11) is 0. The van der Waals surface area contributed by atoms with Crippen molar-refractivity contribution < 1.29 is 14.7 Å². The maximum Gasteiger partial charge on any atom is 0.255 e. The molecule has 0 aromatic heterocycles. The molecule has 0 atom stereocenters. The van der Waals surface area contributed by atoms with Gasteiger partial charge < -0.3 is 15.7 Å². The molecule has 2 amide bonds. The molecule has 2 rings (SSSR count). The SMILES string of the molecule is CC(C)(CCO)CNC(=O)c1ccccc1NC(=O)c1ccccc1. The Kier molecular flexibility index (Phi) is 6.31. The van der Waals surface area contributed by atoms with Crippen LogP contribution in [0.2, 0.25) is 0 Å². The summed E-state index contributed by atoms with van der Waals surface area (Å²) >= 11 is 0. The molecule has 0 unspecified atom stereocenters. The van der Waals surface area contributed by atoms with Crippen molar-refractivity contribution in [2.24, 2.45) is 5.41 Å². The highest BCUT2D eigenvalue weighted by Crippen LogP contribution is 2.20. The fraction of sp³-hybridized carbons (Fsp3) is 0.300. The summed E-state index contributed by atoms with van der Waals surface area (Å²) in [6.07, 6.45) is 0.597. The topological polar surface area (TPSA) is 78.4 Å². The van der Waals surface area contributed by atoms with E-state index in [-0.39, 0.29) is 23.8 Å². The van der Waals surface area contributed by atoms with Gasteiger partial charge in [-0.2, -0.15) is 0 Å². The highest BCUT2D eigenvalue weighted by molar-refractivity contribution is 6.08. The molecule has 25 heavy (non-hydrogen) atoms. The minimum Gasteiger partial charge on any atom is -0.396 e. The molecule has 2 aromatic rings. The lowest BCUT2D eigenvalue weighted by Crippen LogP contribution is -2.35. The van der Waals surface area contributed by atoms with Gasteiger partial charge in [0.15, 0.2) is 0 Å². The third kappa shape index (κ3) is 5.43. The first-order chi connectivity index (χ1) is 11.9. The van der Waals surface area contributed by atoms with Crippen LogP contribution in [0.25, 0.3) is 0 Å². The Hall–Kier alpha value is -2.66. The van der Waals surface area contributed by atoms with E-state index in [0.29, 0.717) is 29.8 Å². The summed E-state index contributed by atoms with van der Waals surface area (Å²) in [5, 5.41) is 14.7. The summed E-state index contributed by atoms with van der Waals surface area (Å²) < 4.78 is 0. The Labute approximate surface area is 148 Å². The van der Waals surface area contributed by atoms with Crippen LogP contribution >= 0.6 is 0 Å². The molecular weight excluding hydrogens is 316 g/mol. The predicted octanol–water partition coefficient (Wildman–Crippen LogP) is 3.08. The Morgan fingerprint density at radius 1 is 0.960 bits per heavy atom. The number of hydrogen-bond acceptors (Lipinski definition) is 3. The van der Waals surface area contributed by atoms with Crippen LogP contribution in [-0.2, 0) is 0 Å². The number of carbonyl (C=O) groups is 2. The lowest BCUT2D eigenvalue weighted by Gasteiger charge is -2.24. The first kappa shape index (κ1) is 18.7. The molecule has 0 radical (unpaired) electrons. The number of nitrogens with one attached hydrogen (secondary N) is 2. The zero-order valence-corrected chi connectivity index (χ0v) is 14.6. The maximum absolute atomic E-state index is 12.5. The molecule has 0 fully saturated rings. The number of carbonyl (C=O) groups excluding carboxylic acids is 2. The lowest BCUT2D eigenvalue weighted by molar-refractivity contribution is 0.0929. The van der Waals surface area contributed by atoms with Crippen molar-refractivity contribution in [3.05, 3.63) is 65.7 Å². The molecule has 0 aliphatic heterocycles. The Morgan fingerprint density at radius 2 is 1.60 bits per heavy atom. The fourth-order valence-corrected chi connectivity index (χ4v) is 2.38. The summed E-state index contributed by atoms with van der Waals surface area (Å²) in [6, 6.07) is 15.8. The maximum atomic E-state index is 12.5. The number of rotatable bonds is 7. The highest BCUT2D eigenvalue weighted by Gasteiger charge is 2.20. The van der Waals surface area contributed by atoms with Gasteiger partial charge in [0.2, 0.25) is 0 Å². The van der Waals surface area contributed by atoms with Gasteiger partial charge in [0.05, 0.1) is 11.3 Å². The smallest absolute Gasteiger partial charge is 0.255 e. The van der Waals surface area contributed by atoms with E-state index in [2.05, 4.69) is 10.6 Å².